The van der Waals surface area contributed by atoms with Crippen LogP contribution in [0.3, 0.4) is 0 Å². The third-order valence-corrected chi connectivity index (χ3v) is 4.31. The summed E-state index contributed by atoms with van der Waals surface area (Å²) >= 11 is 0. The fourth-order valence-electron chi connectivity index (χ4n) is 2.73. The van der Waals surface area contributed by atoms with Gasteiger partial charge in [-0.2, -0.15) is 0 Å². The zero-order valence-corrected chi connectivity index (χ0v) is 11.4. The van der Waals surface area contributed by atoms with Gasteiger partial charge in [0.05, 0.1) is 11.7 Å². The maximum atomic E-state index is 10.5. The molecule has 1 aliphatic rings. The van der Waals surface area contributed by atoms with Gasteiger partial charge in [-0.15, -0.1) is 0 Å². The van der Waals surface area contributed by atoms with Crippen molar-refractivity contribution in [1.29, 1.82) is 0 Å². The number of aliphatic hydroxyl groups is 2. The van der Waals surface area contributed by atoms with Crippen molar-refractivity contribution in [3.05, 3.63) is 35.4 Å². The highest BCUT2D eigenvalue weighted by molar-refractivity contribution is 5.22. The van der Waals surface area contributed by atoms with Crippen LogP contribution in [0, 0.1) is 12.8 Å². The maximum absolute atomic E-state index is 10.5. The van der Waals surface area contributed by atoms with E-state index in [1.165, 1.54) is 5.56 Å². The minimum absolute atomic E-state index is 0.547. The van der Waals surface area contributed by atoms with Crippen molar-refractivity contribution in [3.63, 3.8) is 0 Å². The van der Waals surface area contributed by atoms with Crippen LogP contribution in [-0.2, 0) is 6.42 Å². The average molecular weight is 248 g/mol. The van der Waals surface area contributed by atoms with Gasteiger partial charge in [-0.05, 0) is 44.1 Å². The van der Waals surface area contributed by atoms with Crippen LogP contribution < -0.4 is 0 Å². The molecule has 100 valence electrons. The van der Waals surface area contributed by atoms with Crippen molar-refractivity contribution in [2.45, 2.75) is 57.7 Å². The Labute approximate surface area is 110 Å². The van der Waals surface area contributed by atoms with Crippen LogP contribution in [0.2, 0.25) is 0 Å². The molecule has 1 aliphatic carbocycles. The molecule has 1 aromatic carbocycles. The van der Waals surface area contributed by atoms with Crippen molar-refractivity contribution in [2.75, 3.05) is 0 Å². The molecule has 1 unspecified atom stereocenters. The fourth-order valence-corrected chi connectivity index (χ4v) is 2.73. The molecular formula is C16H24O2. The van der Waals surface area contributed by atoms with E-state index in [9.17, 15) is 10.2 Å². The van der Waals surface area contributed by atoms with Crippen LogP contribution in [0.4, 0.5) is 0 Å². The molecule has 0 saturated heterocycles. The van der Waals surface area contributed by atoms with Crippen LogP contribution in [-0.4, -0.2) is 21.9 Å². The first-order chi connectivity index (χ1) is 8.49. The van der Waals surface area contributed by atoms with E-state index in [0.29, 0.717) is 12.3 Å². The van der Waals surface area contributed by atoms with Crippen LogP contribution in [0.1, 0.15) is 43.7 Å². The second-order valence-corrected chi connectivity index (χ2v) is 5.99. The summed E-state index contributed by atoms with van der Waals surface area (Å²) in [6, 6.07) is 8.17. The number of aryl methyl sites for hydroxylation is 1. The molecule has 0 heterocycles. The molecule has 0 spiro atoms. The largest absolute Gasteiger partial charge is 0.390 e. The highest BCUT2D eigenvalue weighted by Gasteiger charge is 2.38. The minimum atomic E-state index is -0.878. The van der Waals surface area contributed by atoms with E-state index >= 15 is 0 Å². The number of hydrogen-bond acceptors (Lipinski definition) is 2. The highest BCUT2D eigenvalue weighted by Crippen LogP contribution is 2.35. The Morgan fingerprint density at radius 3 is 2.33 bits per heavy atom. The molecule has 0 amide bonds. The molecule has 1 saturated carbocycles. The van der Waals surface area contributed by atoms with Gasteiger partial charge >= 0.3 is 0 Å². The quantitative estimate of drug-likeness (QED) is 0.863. The predicted molar refractivity (Wildman–Crippen MR) is 73.5 cm³/mol. The third-order valence-electron chi connectivity index (χ3n) is 4.31. The summed E-state index contributed by atoms with van der Waals surface area (Å²) in [5.41, 5.74) is 1.44. The zero-order valence-electron chi connectivity index (χ0n) is 11.4. The lowest BCUT2D eigenvalue weighted by Gasteiger charge is -2.38. The molecule has 0 radical (unpaired) electrons. The molecule has 2 nitrogen and oxygen atoms in total. The standard InChI is InChI=1S/C16H24O2/c1-12-3-5-14(6-4-12)11-15(17)16(18)9-7-13(2)8-10-16/h3-6,13,15,17-18H,7-11H2,1-2H3. The molecule has 2 rings (SSSR count). The average Bonchev–Trinajstić information content (AvgIpc) is 2.36. The van der Waals surface area contributed by atoms with E-state index in [1.807, 2.05) is 12.1 Å². The number of rotatable bonds is 3. The molecule has 18 heavy (non-hydrogen) atoms. The van der Waals surface area contributed by atoms with Gasteiger partial charge in [0.25, 0.3) is 0 Å². The Morgan fingerprint density at radius 2 is 1.78 bits per heavy atom. The Kier molecular flexibility index (Phi) is 4.08. The van der Waals surface area contributed by atoms with Gasteiger partial charge in [0.2, 0.25) is 0 Å². The fraction of sp³-hybridized carbons (Fsp3) is 0.625. The molecule has 0 aromatic heterocycles. The summed E-state index contributed by atoms with van der Waals surface area (Å²) in [4.78, 5) is 0. The van der Waals surface area contributed by atoms with Gasteiger partial charge in [0.15, 0.2) is 0 Å². The summed E-state index contributed by atoms with van der Waals surface area (Å²) < 4.78 is 0. The monoisotopic (exact) mass is 248 g/mol. The van der Waals surface area contributed by atoms with E-state index in [-0.39, 0.29) is 0 Å². The third kappa shape index (κ3) is 3.12. The van der Waals surface area contributed by atoms with Crippen LogP contribution in [0.15, 0.2) is 24.3 Å². The first-order valence-electron chi connectivity index (χ1n) is 6.95. The normalized spacial score (nSPS) is 30.1. The summed E-state index contributed by atoms with van der Waals surface area (Å²) in [5, 5.41) is 20.8. The van der Waals surface area contributed by atoms with E-state index in [1.54, 1.807) is 0 Å². The summed E-state index contributed by atoms with van der Waals surface area (Å²) in [6.45, 7) is 4.27. The first-order valence-corrected chi connectivity index (χ1v) is 6.95. The second-order valence-electron chi connectivity index (χ2n) is 5.99. The predicted octanol–water partition coefficient (Wildman–Crippen LogP) is 2.84. The molecule has 1 aromatic rings. The van der Waals surface area contributed by atoms with Gasteiger partial charge in [-0.3, -0.25) is 0 Å². The number of aliphatic hydroxyl groups excluding tert-OH is 1. The van der Waals surface area contributed by atoms with Crippen molar-refractivity contribution in [3.8, 4) is 0 Å². The van der Waals surface area contributed by atoms with E-state index in [4.69, 9.17) is 0 Å². The number of hydrogen-bond donors (Lipinski definition) is 2. The van der Waals surface area contributed by atoms with Crippen LogP contribution in [0.5, 0.6) is 0 Å². The van der Waals surface area contributed by atoms with Crippen molar-refractivity contribution in [1.82, 2.24) is 0 Å². The van der Waals surface area contributed by atoms with Crippen molar-refractivity contribution < 1.29 is 10.2 Å². The van der Waals surface area contributed by atoms with Gasteiger partial charge in [0, 0.05) is 6.42 Å². The molecule has 1 fully saturated rings. The number of benzene rings is 1. The van der Waals surface area contributed by atoms with Gasteiger partial charge in [0.1, 0.15) is 0 Å². The molecule has 2 heteroatoms. The molecule has 1 atom stereocenters. The summed E-state index contributed by atoms with van der Waals surface area (Å²) in [7, 11) is 0. The maximum Gasteiger partial charge on any atom is 0.0908 e. The molecule has 2 N–H and O–H groups in total. The minimum Gasteiger partial charge on any atom is -0.390 e. The Bertz CT molecular complexity index is 375. The topological polar surface area (TPSA) is 40.5 Å². The molecular weight excluding hydrogens is 224 g/mol. The second kappa shape index (κ2) is 5.41. The summed E-state index contributed by atoms with van der Waals surface area (Å²) in [6.07, 6.45) is 3.38. The lowest BCUT2D eigenvalue weighted by molar-refractivity contribution is -0.102. The van der Waals surface area contributed by atoms with E-state index in [2.05, 4.69) is 26.0 Å². The Morgan fingerprint density at radius 1 is 1.22 bits per heavy atom. The van der Waals surface area contributed by atoms with Gasteiger partial charge in [-0.25, -0.2) is 0 Å². The van der Waals surface area contributed by atoms with Crippen LogP contribution >= 0.6 is 0 Å². The van der Waals surface area contributed by atoms with Crippen molar-refractivity contribution in [2.24, 2.45) is 5.92 Å². The van der Waals surface area contributed by atoms with Gasteiger partial charge in [-0.1, -0.05) is 36.8 Å². The van der Waals surface area contributed by atoms with E-state index < -0.39 is 11.7 Å². The van der Waals surface area contributed by atoms with E-state index in [0.717, 1.165) is 31.2 Å². The highest BCUT2D eigenvalue weighted by atomic mass is 16.3. The molecule has 0 aliphatic heterocycles. The SMILES string of the molecule is Cc1ccc(CC(O)C2(O)CCC(C)CC2)cc1. The van der Waals surface area contributed by atoms with Gasteiger partial charge < -0.3 is 10.2 Å². The molecule has 0 bridgehead atoms. The smallest absolute Gasteiger partial charge is 0.0908 e. The lowest BCUT2D eigenvalue weighted by Crippen LogP contribution is -2.46. The Balaban J connectivity index is 1.98. The van der Waals surface area contributed by atoms with Crippen LogP contribution in [0.25, 0.3) is 0 Å². The first kappa shape index (κ1) is 13.6. The summed E-state index contributed by atoms with van der Waals surface area (Å²) in [5.74, 6) is 0.678. The Hall–Kier alpha value is -0.860. The zero-order chi connectivity index (χ0) is 13.2. The van der Waals surface area contributed by atoms with Crippen molar-refractivity contribution >= 4 is 0 Å². The lowest BCUT2D eigenvalue weighted by atomic mass is 9.75.